The molecule has 0 amide bonds. The summed E-state index contributed by atoms with van der Waals surface area (Å²) >= 11 is 0. The molecule has 0 fully saturated rings. The van der Waals surface area contributed by atoms with Crippen LogP contribution in [-0.4, -0.2) is 22.6 Å². The number of rotatable bonds is 5. The molecule has 0 aliphatic rings. The van der Waals surface area contributed by atoms with Gasteiger partial charge in [0.1, 0.15) is 11.6 Å². The summed E-state index contributed by atoms with van der Waals surface area (Å²) in [4.78, 5) is 8.28. The van der Waals surface area contributed by atoms with Crippen molar-refractivity contribution in [2.75, 3.05) is 11.9 Å². The van der Waals surface area contributed by atoms with E-state index < -0.39 is 0 Å². The molecule has 0 radical (unpaired) electrons. The van der Waals surface area contributed by atoms with Crippen LogP contribution in [0.2, 0.25) is 0 Å². The van der Waals surface area contributed by atoms with Gasteiger partial charge in [0.2, 0.25) is 0 Å². The van der Waals surface area contributed by atoms with E-state index in [1.54, 1.807) is 6.20 Å². The molecule has 1 aromatic rings. The zero-order valence-electron chi connectivity index (χ0n) is 9.70. The fourth-order valence-corrected chi connectivity index (χ4v) is 1.48. The highest BCUT2D eigenvalue weighted by molar-refractivity contribution is 5.32. The van der Waals surface area contributed by atoms with Gasteiger partial charge < -0.3 is 11.1 Å². The fourth-order valence-electron chi connectivity index (χ4n) is 1.48. The Kier molecular flexibility index (Phi) is 4.49. The van der Waals surface area contributed by atoms with Gasteiger partial charge in [0.25, 0.3) is 0 Å². The van der Waals surface area contributed by atoms with Crippen LogP contribution in [0.15, 0.2) is 12.3 Å². The second kappa shape index (κ2) is 5.66. The van der Waals surface area contributed by atoms with Gasteiger partial charge in [-0.2, -0.15) is 0 Å². The molecule has 84 valence electrons. The molecule has 1 unspecified atom stereocenters. The van der Waals surface area contributed by atoms with E-state index in [1.807, 2.05) is 13.0 Å². The predicted molar refractivity (Wildman–Crippen MR) is 62.7 cm³/mol. The lowest BCUT2D eigenvalue weighted by Crippen LogP contribution is -2.30. The Morgan fingerprint density at radius 1 is 1.47 bits per heavy atom. The molecule has 0 aliphatic heterocycles. The van der Waals surface area contributed by atoms with E-state index in [0.29, 0.717) is 5.92 Å². The van der Waals surface area contributed by atoms with Gasteiger partial charge in [-0.1, -0.05) is 13.8 Å². The van der Waals surface area contributed by atoms with Crippen LogP contribution in [0, 0.1) is 12.8 Å². The van der Waals surface area contributed by atoms with Crippen molar-refractivity contribution in [3.05, 3.63) is 18.1 Å². The minimum absolute atomic E-state index is 0.181. The third-order valence-corrected chi connectivity index (χ3v) is 2.10. The van der Waals surface area contributed by atoms with Gasteiger partial charge >= 0.3 is 0 Å². The van der Waals surface area contributed by atoms with Crippen molar-refractivity contribution in [1.82, 2.24) is 9.97 Å². The maximum atomic E-state index is 5.95. The number of aromatic nitrogens is 2. The van der Waals surface area contributed by atoms with E-state index in [2.05, 4.69) is 29.1 Å². The van der Waals surface area contributed by atoms with Crippen molar-refractivity contribution in [3.8, 4) is 0 Å². The molecule has 4 heteroatoms. The van der Waals surface area contributed by atoms with E-state index in [0.717, 1.165) is 24.6 Å². The van der Waals surface area contributed by atoms with Gasteiger partial charge in [0.05, 0.1) is 0 Å². The molecule has 1 aromatic heterocycles. The summed E-state index contributed by atoms with van der Waals surface area (Å²) in [7, 11) is 0. The molecule has 1 heterocycles. The normalized spacial score (nSPS) is 12.9. The molecule has 1 rings (SSSR count). The molecule has 3 N–H and O–H groups in total. The molecule has 0 aliphatic carbocycles. The van der Waals surface area contributed by atoms with Gasteiger partial charge in [-0.25, -0.2) is 9.97 Å². The zero-order chi connectivity index (χ0) is 11.3. The van der Waals surface area contributed by atoms with Crippen molar-refractivity contribution in [2.24, 2.45) is 11.7 Å². The third kappa shape index (κ3) is 4.74. The number of nitrogens with one attached hydrogen (secondary N) is 1. The van der Waals surface area contributed by atoms with Crippen LogP contribution in [0.3, 0.4) is 0 Å². The van der Waals surface area contributed by atoms with Crippen LogP contribution >= 0.6 is 0 Å². The van der Waals surface area contributed by atoms with E-state index in [4.69, 9.17) is 5.73 Å². The average molecular weight is 208 g/mol. The SMILES string of the molecule is Cc1nccc(NCC(N)CC(C)C)n1. The molecular weight excluding hydrogens is 188 g/mol. The first-order valence-electron chi connectivity index (χ1n) is 5.37. The molecule has 0 bridgehead atoms. The van der Waals surface area contributed by atoms with Crippen LogP contribution in [0.4, 0.5) is 5.82 Å². The minimum Gasteiger partial charge on any atom is -0.368 e. The van der Waals surface area contributed by atoms with E-state index in [1.165, 1.54) is 0 Å². The van der Waals surface area contributed by atoms with Crippen LogP contribution in [0.25, 0.3) is 0 Å². The Morgan fingerprint density at radius 2 is 2.20 bits per heavy atom. The first-order valence-corrected chi connectivity index (χ1v) is 5.37. The van der Waals surface area contributed by atoms with E-state index >= 15 is 0 Å². The molecule has 0 spiro atoms. The van der Waals surface area contributed by atoms with Crippen molar-refractivity contribution >= 4 is 5.82 Å². The van der Waals surface area contributed by atoms with Gasteiger partial charge in [0, 0.05) is 18.8 Å². The Hall–Kier alpha value is -1.16. The summed E-state index contributed by atoms with van der Waals surface area (Å²) in [6.07, 6.45) is 2.77. The molecule has 0 saturated carbocycles. The second-order valence-corrected chi connectivity index (χ2v) is 4.26. The molecule has 0 saturated heterocycles. The summed E-state index contributed by atoms with van der Waals surface area (Å²) in [5, 5.41) is 3.21. The Bertz CT molecular complexity index is 298. The van der Waals surface area contributed by atoms with Gasteiger partial charge in [-0.15, -0.1) is 0 Å². The van der Waals surface area contributed by atoms with Crippen molar-refractivity contribution in [1.29, 1.82) is 0 Å². The molecular formula is C11H20N4. The second-order valence-electron chi connectivity index (χ2n) is 4.26. The number of nitrogens with two attached hydrogens (primary N) is 1. The molecule has 0 aromatic carbocycles. The predicted octanol–water partition coefficient (Wildman–Crippen LogP) is 1.57. The molecule has 15 heavy (non-hydrogen) atoms. The van der Waals surface area contributed by atoms with Crippen LogP contribution < -0.4 is 11.1 Å². The first-order chi connectivity index (χ1) is 7.08. The number of anilines is 1. The highest BCUT2D eigenvalue weighted by atomic mass is 15.0. The summed E-state index contributed by atoms with van der Waals surface area (Å²) in [6, 6.07) is 2.04. The third-order valence-electron chi connectivity index (χ3n) is 2.10. The number of hydrogen-bond acceptors (Lipinski definition) is 4. The smallest absolute Gasteiger partial charge is 0.129 e. The standard InChI is InChI=1S/C11H20N4/c1-8(2)6-10(12)7-14-11-4-5-13-9(3)15-11/h4-5,8,10H,6-7,12H2,1-3H3,(H,13,14,15). The highest BCUT2D eigenvalue weighted by Gasteiger charge is 2.05. The lowest BCUT2D eigenvalue weighted by Gasteiger charge is -2.15. The van der Waals surface area contributed by atoms with Gasteiger partial charge in [-0.3, -0.25) is 0 Å². The number of hydrogen-bond donors (Lipinski definition) is 2. The van der Waals surface area contributed by atoms with Crippen LogP contribution in [-0.2, 0) is 0 Å². The van der Waals surface area contributed by atoms with Crippen LogP contribution in [0.5, 0.6) is 0 Å². The van der Waals surface area contributed by atoms with Crippen molar-refractivity contribution < 1.29 is 0 Å². The largest absolute Gasteiger partial charge is 0.368 e. The zero-order valence-corrected chi connectivity index (χ0v) is 9.70. The Balaban J connectivity index is 2.36. The van der Waals surface area contributed by atoms with E-state index in [-0.39, 0.29) is 6.04 Å². The molecule has 4 nitrogen and oxygen atoms in total. The Labute approximate surface area is 91.3 Å². The highest BCUT2D eigenvalue weighted by Crippen LogP contribution is 2.05. The Morgan fingerprint density at radius 3 is 2.80 bits per heavy atom. The lowest BCUT2D eigenvalue weighted by atomic mass is 10.0. The summed E-state index contributed by atoms with van der Waals surface area (Å²) in [5.74, 6) is 2.26. The monoisotopic (exact) mass is 208 g/mol. The summed E-state index contributed by atoms with van der Waals surface area (Å²) in [5.41, 5.74) is 5.95. The van der Waals surface area contributed by atoms with Crippen LogP contribution in [0.1, 0.15) is 26.1 Å². The minimum atomic E-state index is 0.181. The van der Waals surface area contributed by atoms with Gasteiger partial charge in [-0.05, 0) is 25.3 Å². The summed E-state index contributed by atoms with van der Waals surface area (Å²) < 4.78 is 0. The van der Waals surface area contributed by atoms with E-state index in [9.17, 15) is 0 Å². The van der Waals surface area contributed by atoms with Gasteiger partial charge in [0.15, 0.2) is 0 Å². The maximum absolute atomic E-state index is 5.95. The van der Waals surface area contributed by atoms with Crippen molar-refractivity contribution in [3.63, 3.8) is 0 Å². The van der Waals surface area contributed by atoms with Crippen molar-refractivity contribution in [2.45, 2.75) is 33.2 Å². The lowest BCUT2D eigenvalue weighted by molar-refractivity contribution is 0.508. The molecule has 1 atom stereocenters. The topological polar surface area (TPSA) is 63.8 Å². The number of nitrogens with zero attached hydrogens (tertiary/aromatic N) is 2. The average Bonchev–Trinajstić information content (AvgIpc) is 2.14. The number of aryl methyl sites for hydroxylation is 1. The maximum Gasteiger partial charge on any atom is 0.129 e. The fraction of sp³-hybridized carbons (Fsp3) is 0.636. The summed E-state index contributed by atoms with van der Waals surface area (Å²) in [6.45, 7) is 6.98. The quantitative estimate of drug-likeness (QED) is 0.771. The first kappa shape index (κ1) is 11.9.